The monoisotopic (exact) mass is 246 g/mol. The zero-order valence-corrected chi connectivity index (χ0v) is 11.0. The molecule has 0 bridgehead atoms. The standard InChI is InChI=1S/C14H18N2O2/c1-4-18-14(17)13-8-11-10(2)6-5-7-12(11)16(13)9-15-3/h5-8,15H,4,9H2,1-3H3. The van der Waals surface area contributed by atoms with E-state index in [2.05, 4.69) is 5.32 Å². The average Bonchev–Trinajstić information content (AvgIpc) is 2.71. The van der Waals surface area contributed by atoms with Crippen molar-refractivity contribution in [2.24, 2.45) is 0 Å². The summed E-state index contributed by atoms with van der Waals surface area (Å²) < 4.78 is 7.04. The molecule has 0 atom stereocenters. The highest BCUT2D eigenvalue weighted by Crippen LogP contribution is 2.23. The van der Waals surface area contributed by atoms with Gasteiger partial charge in [0.05, 0.1) is 18.8 Å². The van der Waals surface area contributed by atoms with E-state index >= 15 is 0 Å². The van der Waals surface area contributed by atoms with E-state index in [1.807, 2.05) is 49.7 Å². The van der Waals surface area contributed by atoms with Crippen molar-refractivity contribution in [3.8, 4) is 0 Å². The molecule has 1 aromatic heterocycles. The lowest BCUT2D eigenvalue weighted by molar-refractivity contribution is 0.0514. The molecule has 0 fully saturated rings. The van der Waals surface area contributed by atoms with Crippen molar-refractivity contribution >= 4 is 16.9 Å². The third-order valence-corrected chi connectivity index (χ3v) is 2.96. The first-order valence-electron chi connectivity index (χ1n) is 6.09. The van der Waals surface area contributed by atoms with Gasteiger partial charge >= 0.3 is 5.97 Å². The van der Waals surface area contributed by atoms with Crippen molar-refractivity contribution in [3.05, 3.63) is 35.5 Å². The van der Waals surface area contributed by atoms with Gasteiger partial charge in [-0.15, -0.1) is 0 Å². The first-order valence-corrected chi connectivity index (χ1v) is 6.09. The molecule has 0 saturated carbocycles. The Labute approximate surface area is 107 Å². The number of ether oxygens (including phenoxy) is 1. The number of aromatic nitrogens is 1. The maximum absolute atomic E-state index is 12.0. The number of aryl methyl sites for hydroxylation is 1. The highest BCUT2D eigenvalue weighted by Gasteiger charge is 2.16. The van der Waals surface area contributed by atoms with Crippen molar-refractivity contribution in [3.63, 3.8) is 0 Å². The normalized spacial score (nSPS) is 10.8. The van der Waals surface area contributed by atoms with Crippen LogP contribution < -0.4 is 5.32 Å². The second kappa shape index (κ2) is 5.23. The van der Waals surface area contributed by atoms with E-state index in [0.717, 1.165) is 16.5 Å². The largest absolute Gasteiger partial charge is 0.461 e. The van der Waals surface area contributed by atoms with E-state index in [1.54, 1.807) is 0 Å². The van der Waals surface area contributed by atoms with Crippen LogP contribution in [0.3, 0.4) is 0 Å². The number of nitrogens with one attached hydrogen (secondary N) is 1. The molecule has 1 heterocycles. The second-order valence-corrected chi connectivity index (χ2v) is 4.20. The van der Waals surface area contributed by atoms with E-state index in [4.69, 9.17) is 4.74 Å². The summed E-state index contributed by atoms with van der Waals surface area (Å²) in [6.45, 7) is 4.83. The van der Waals surface area contributed by atoms with Crippen molar-refractivity contribution in [1.82, 2.24) is 9.88 Å². The summed E-state index contributed by atoms with van der Waals surface area (Å²) in [5.41, 5.74) is 2.80. The van der Waals surface area contributed by atoms with E-state index in [9.17, 15) is 4.79 Å². The Morgan fingerprint density at radius 1 is 1.44 bits per heavy atom. The molecule has 96 valence electrons. The number of fused-ring (bicyclic) bond motifs is 1. The van der Waals surface area contributed by atoms with Gasteiger partial charge in [0, 0.05) is 5.39 Å². The van der Waals surface area contributed by atoms with Gasteiger partial charge in [-0.1, -0.05) is 12.1 Å². The molecule has 0 amide bonds. The van der Waals surface area contributed by atoms with Crippen LogP contribution in [0.1, 0.15) is 23.0 Å². The Kier molecular flexibility index (Phi) is 3.67. The predicted molar refractivity (Wildman–Crippen MR) is 71.7 cm³/mol. The van der Waals surface area contributed by atoms with Crippen molar-refractivity contribution < 1.29 is 9.53 Å². The summed E-state index contributed by atoms with van der Waals surface area (Å²) in [4.78, 5) is 12.0. The Hall–Kier alpha value is -1.81. The fourth-order valence-corrected chi connectivity index (χ4v) is 2.14. The number of rotatable bonds is 4. The Morgan fingerprint density at radius 3 is 2.89 bits per heavy atom. The highest BCUT2D eigenvalue weighted by atomic mass is 16.5. The van der Waals surface area contributed by atoms with Gasteiger partial charge in [-0.25, -0.2) is 4.79 Å². The number of carbonyl (C=O) groups excluding carboxylic acids is 1. The molecule has 0 radical (unpaired) electrons. The first kappa shape index (κ1) is 12.6. The summed E-state index contributed by atoms with van der Waals surface area (Å²) in [7, 11) is 1.86. The molecule has 0 aliphatic carbocycles. The van der Waals surface area contributed by atoms with Crippen LogP contribution >= 0.6 is 0 Å². The fraction of sp³-hybridized carbons (Fsp3) is 0.357. The van der Waals surface area contributed by atoms with Crippen molar-refractivity contribution in [1.29, 1.82) is 0 Å². The predicted octanol–water partition coefficient (Wildman–Crippen LogP) is 2.30. The minimum absolute atomic E-state index is 0.275. The second-order valence-electron chi connectivity index (χ2n) is 4.20. The van der Waals surface area contributed by atoms with Gasteiger partial charge in [0.1, 0.15) is 5.69 Å². The van der Waals surface area contributed by atoms with Crippen LogP contribution in [0.15, 0.2) is 24.3 Å². The Bertz CT molecular complexity index is 572. The summed E-state index contributed by atoms with van der Waals surface area (Å²) in [6.07, 6.45) is 0. The molecule has 0 unspecified atom stereocenters. The molecular formula is C14H18N2O2. The van der Waals surface area contributed by atoms with Gasteiger partial charge in [-0.2, -0.15) is 0 Å². The molecule has 2 aromatic rings. The number of hydrogen-bond acceptors (Lipinski definition) is 3. The van der Waals surface area contributed by atoms with Crippen LogP contribution in [0.25, 0.3) is 10.9 Å². The average molecular weight is 246 g/mol. The van der Waals surface area contributed by atoms with E-state index in [-0.39, 0.29) is 5.97 Å². The number of nitrogens with zero attached hydrogens (tertiary/aromatic N) is 1. The SMILES string of the molecule is CCOC(=O)c1cc2c(C)cccc2n1CNC. The number of benzene rings is 1. The lowest BCUT2D eigenvalue weighted by Gasteiger charge is -2.09. The Morgan fingerprint density at radius 2 is 2.22 bits per heavy atom. The lowest BCUT2D eigenvalue weighted by Crippen LogP contribution is -2.18. The van der Waals surface area contributed by atoms with E-state index in [0.29, 0.717) is 19.0 Å². The third kappa shape index (κ3) is 2.11. The van der Waals surface area contributed by atoms with Gasteiger partial charge in [0.2, 0.25) is 0 Å². The molecule has 18 heavy (non-hydrogen) atoms. The van der Waals surface area contributed by atoms with Crippen LogP contribution in [0.5, 0.6) is 0 Å². The minimum Gasteiger partial charge on any atom is -0.461 e. The zero-order valence-electron chi connectivity index (χ0n) is 11.0. The number of carbonyl (C=O) groups is 1. The Balaban J connectivity index is 2.60. The van der Waals surface area contributed by atoms with Gasteiger partial charge < -0.3 is 14.6 Å². The topological polar surface area (TPSA) is 43.3 Å². The lowest BCUT2D eigenvalue weighted by atomic mass is 10.1. The van der Waals surface area contributed by atoms with Gasteiger partial charge in [-0.05, 0) is 38.6 Å². The maximum Gasteiger partial charge on any atom is 0.355 e. The smallest absolute Gasteiger partial charge is 0.355 e. The fourth-order valence-electron chi connectivity index (χ4n) is 2.14. The van der Waals surface area contributed by atoms with Crippen LogP contribution in [-0.4, -0.2) is 24.2 Å². The third-order valence-electron chi connectivity index (χ3n) is 2.96. The van der Waals surface area contributed by atoms with Crippen molar-refractivity contribution in [2.45, 2.75) is 20.5 Å². The molecular weight excluding hydrogens is 228 g/mol. The van der Waals surface area contributed by atoms with Crippen molar-refractivity contribution in [2.75, 3.05) is 13.7 Å². The maximum atomic E-state index is 12.0. The molecule has 4 heteroatoms. The molecule has 1 aromatic carbocycles. The summed E-state index contributed by atoms with van der Waals surface area (Å²) in [5.74, 6) is -0.275. The van der Waals surface area contributed by atoms with E-state index in [1.165, 1.54) is 0 Å². The summed E-state index contributed by atoms with van der Waals surface area (Å²) in [5, 5.41) is 4.17. The molecule has 0 spiro atoms. The van der Waals surface area contributed by atoms with Crippen LogP contribution in [-0.2, 0) is 11.4 Å². The molecule has 4 nitrogen and oxygen atoms in total. The van der Waals surface area contributed by atoms with Gasteiger partial charge in [0.25, 0.3) is 0 Å². The zero-order chi connectivity index (χ0) is 13.1. The number of esters is 1. The highest BCUT2D eigenvalue weighted by molar-refractivity contribution is 5.96. The first-order chi connectivity index (χ1) is 8.69. The van der Waals surface area contributed by atoms with Gasteiger partial charge in [0.15, 0.2) is 0 Å². The number of hydrogen-bond donors (Lipinski definition) is 1. The molecule has 0 aliphatic heterocycles. The summed E-state index contributed by atoms with van der Waals surface area (Å²) >= 11 is 0. The minimum atomic E-state index is -0.275. The molecule has 2 rings (SSSR count). The molecule has 0 aliphatic rings. The van der Waals surface area contributed by atoms with Gasteiger partial charge in [-0.3, -0.25) is 0 Å². The van der Waals surface area contributed by atoms with Crippen LogP contribution in [0.2, 0.25) is 0 Å². The molecule has 1 N–H and O–H groups in total. The molecule has 0 saturated heterocycles. The summed E-state index contributed by atoms with van der Waals surface area (Å²) in [6, 6.07) is 7.96. The quantitative estimate of drug-likeness (QED) is 0.842. The van der Waals surface area contributed by atoms with Crippen LogP contribution in [0, 0.1) is 6.92 Å². The van der Waals surface area contributed by atoms with Crippen LogP contribution in [0.4, 0.5) is 0 Å². The van der Waals surface area contributed by atoms with E-state index < -0.39 is 0 Å².